The Morgan fingerprint density at radius 2 is 1.84 bits per heavy atom. The van der Waals surface area contributed by atoms with E-state index in [-0.39, 0.29) is 0 Å². The van der Waals surface area contributed by atoms with Gasteiger partial charge < -0.3 is 5.32 Å². The predicted molar refractivity (Wildman–Crippen MR) is 88.0 cm³/mol. The average Bonchev–Trinajstić information content (AvgIpc) is 2.46. The fraction of sp³-hybridized carbons (Fsp3) is 0.647. The van der Waals surface area contributed by atoms with Gasteiger partial charge in [0.2, 0.25) is 0 Å². The number of benzene rings is 1. The molecule has 1 nitrogen and oxygen atoms in total. The van der Waals surface area contributed by atoms with E-state index >= 15 is 0 Å². The van der Waals surface area contributed by atoms with Gasteiger partial charge in [0.15, 0.2) is 0 Å². The number of nitrogens with one attached hydrogen (secondary N) is 1. The molecule has 1 atom stereocenters. The van der Waals surface area contributed by atoms with Crippen molar-refractivity contribution in [2.24, 2.45) is 5.41 Å². The molecule has 0 aromatic heterocycles. The summed E-state index contributed by atoms with van der Waals surface area (Å²) in [6.45, 7) is 5.79. The summed E-state index contributed by atoms with van der Waals surface area (Å²) in [5.41, 5.74) is 0.493. The molecule has 0 bridgehead atoms. The van der Waals surface area contributed by atoms with Crippen LogP contribution in [0.3, 0.4) is 0 Å². The van der Waals surface area contributed by atoms with Gasteiger partial charge >= 0.3 is 0 Å². The molecule has 0 spiro atoms. The molecular weight excluding hydrogens is 250 g/mol. The quantitative estimate of drug-likeness (QED) is 0.607. The SMILES string of the molecule is CCCCC(CC)(CCSc1ccccc1)CNC. The molecular formula is C17H29NS. The highest BCUT2D eigenvalue weighted by Crippen LogP contribution is 2.34. The van der Waals surface area contributed by atoms with Crippen molar-refractivity contribution < 1.29 is 0 Å². The Morgan fingerprint density at radius 3 is 2.42 bits per heavy atom. The van der Waals surface area contributed by atoms with Crippen LogP contribution in [0.1, 0.15) is 46.0 Å². The Kier molecular flexibility index (Phi) is 8.24. The van der Waals surface area contributed by atoms with E-state index in [4.69, 9.17) is 0 Å². The molecule has 0 amide bonds. The monoisotopic (exact) mass is 279 g/mol. The Balaban J connectivity index is 2.47. The Labute approximate surface area is 123 Å². The van der Waals surface area contributed by atoms with Crippen molar-refractivity contribution in [3.05, 3.63) is 30.3 Å². The highest BCUT2D eigenvalue weighted by atomic mass is 32.2. The molecule has 1 unspecified atom stereocenters. The van der Waals surface area contributed by atoms with E-state index < -0.39 is 0 Å². The van der Waals surface area contributed by atoms with Crippen LogP contribution in [-0.4, -0.2) is 19.3 Å². The summed E-state index contributed by atoms with van der Waals surface area (Å²) in [5, 5.41) is 3.41. The lowest BCUT2D eigenvalue weighted by molar-refractivity contribution is 0.229. The van der Waals surface area contributed by atoms with Gasteiger partial charge in [0.05, 0.1) is 0 Å². The summed E-state index contributed by atoms with van der Waals surface area (Å²) < 4.78 is 0. The van der Waals surface area contributed by atoms with Crippen molar-refractivity contribution in [2.75, 3.05) is 19.3 Å². The summed E-state index contributed by atoms with van der Waals surface area (Å²) in [5.74, 6) is 1.23. The molecule has 2 heteroatoms. The summed E-state index contributed by atoms with van der Waals surface area (Å²) in [6, 6.07) is 10.8. The molecule has 108 valence electrons. The first kappa shape index (κ1) is 16.6. The van der Waals surface area contributed by atoms with Crippen molar-refractivity contribution in [2.45, 2.75) is 50.8 Å². The molecule has 0 saturated carbocycles. The van der Waals surface area contributed by atoms with E-state index in [1.807, 2.05) is 11.8 Å². The van der Waals surface area contributed by atoms with Crippen molar-refractivity contribution in [3.63, 3.8) is 0 Å². The Bertz CT molecular complexity index is 325. The zero-order valence-electron chi connectivity index (χ0n) is 12.7. The van der Waals surface area contributed by atoms with Crippen LogP contribution in [0.2, 0.25) is 0 Å². The molecule has 1 aromatic rings. The lowest BCUT2D eigenvalue weighted by Gasteiger charge is -2.33. The van der Waals surface area contributed by atoms with Crippen LogP contribution < -0.4 is 5.32 Å². The summed E-state index contributed by atoms with van der Waals surface area (Å²) in [4.78, 5) is 1.40. The summed E-state index contributed by atoms with van der Waals surface area (Å²) in [6.07, 6.45) is 6.60. The summed E-state index contributed by atoms with van der Waals surface area (Å²) in [7, 11) is 2.08. The average molecular weight is 279 g/mol. The van der Waals surface area contributed by atoms with Crippen LogP contribution in [0.25, 0.3) is 0 Å². The fourth-order valence-electron chi connectivity index (χ4n) is 2.61. The molecule has 1 rings (SSSR count). The maximum absolute atomic E-state index is 3.41. The van der Waals surface area contributed by atoms with Gasteiger partial charge in [0.25, 0.3) is 0 Å². The second-order valence-corrected chi connectivity index (χ2v) is 6.57. The highest BCUT2D eigenvalue weighted by Gasteiger charge is 2.26. The fourth-order valence-corrected chi connectivity index (χ4v) is 3.73. The Hall–Kier alpha value is -0.470. The molecule has 0 aliphatic carbocycles. The van der Waals surface area contributed by atoms with E-state index in [1.165, 1.54) is 42.8 Å². The normalized spacial score (nSPS) is 14.3. The molecule has 0 aliphatic rings. The van der Waals surface area contributed by atoms with Crippen LogP contribution in [0.5, 0.6) is 0 Å². The van der Waals surface area contributed by atoms with Crippen LogP contribution in [0.4, 0.5) is 0 Å². The number of thioether (sulfide) groups is 1. The smallest absolute Gasteiger partial charge is 0.00719 e. The van der Waals surface area contributed by atoms with Crippen molar-refractivity contribution >= 4 is 11.8 Å². The van der Waals surface area contributed by atoms with Crippen molar-refractivity contribution in [3.8, 4) is 0 Å². The Morgan fingerprint density at radius 1 is 1.11 bits per heavy atom. The lowest BCUT2D eigenvalue weighted by atomic mass is 9.78. The molecule has 0 radical (unpaired) electrons. The number of hydrogen-bond donors (Lipinski definition) is 1. The number of unbranched alkanes of at least 4 members (excludes halogenated alkanes) is 1. The molecule has 0 heterocycles. The van der Waals surface area contributed by atoms with Crippen LogP contribution in [0.15, 0.2) is 35.2 Å². The van der Waals surface area contributed by atoms with Gasteiger partial charge in [-0.05, 0) is 49.6 Å². The number of hydrogen-bond acceptors (Lipinski definition) is 2. The van der Waals surface area contributed by atoms with E-state index in [9.17, 15) is 0 Å². The molecule has 0 aliphatic heterocycles. The third-order valence-electron chi connectivity index (χ3n) is 4.01. The molecule has 0 saturated heterocycles. The lowest BCUT2D eigenvalue weighted by Crippen LogP contribution is -2.32. The van der Waals surface area contributed by atoms with Crippen LogP contribution in [-0.2, 0) is 0 Å². The van der Waals surface area contributed by atoms with Crippen molar-refractivity contribution in [1.82, 2.24) is 5.32 Å². The molecule has 0 fully saturated rings. The van der Waals surface area contributed by atoms with Gasteiger partial charge in [-0.3, -0.25) is 0 Å². The van der Waals surface area contributed by atoms with Crippen LogP contribution in [0, 0.1) is 5.41 Å². The van der Waals surface area contributed by atoms with E-state index in [1.54, 1.807) is 0 Å². The molecule has 1 aromatic carbocycles. The minimum atomic E-state index is 0.493. The maximum atomic E-state index is 3.41. The molecule has 1 N–H and O–H groups in total. The standard InChI is InChI=1S/C17H29NS/c1-4-6-12-17(5-2,15-18-3)13-14-19-16-10-8-7-9-11-16/h7-11,18H,4-6,12-15H2,1-3H3. The maximum Gasteiger partial charge on any atom is 0.00719 e. The third kappa shape index (κ3) is 6.01. The first-order valence-corrected chi connectivity index (χ1v) is 8.57. The third-order valence-corrected chi connectivity index (χ3v) is 5.02. The van der Waals surface area contributed by atoms with Crippen molar-refractivity contribution in [1.29, 1.82) is 0 Å². The first-order valence-electron chi connectivity index (χ1n) is 7.59. The van der Waals surface area contributed by atoms with E-state index in [0.29, 0.717) is 5.41 Å². The van der Waals surface area contributed by atoms with Gasteiger partial charge in [-0.2, -0.15) is 0 Å². The van der Waals surface area contributed by atoms with Gasteiger partial charge in [-0.1, -0.05) is 44.9 Å². The predicted octanol–water partition coefficient (Wildman–Crippen LogP) is 4.97. The second-order valence-electron chi connectivity index (χ2n) is 5.40. The minimum absolute atomic E-state index is 0.493. The minimum Gasteiger partial charge on any atom is -0.319 e. The zero-order valence-corrected chi connectivity index (χ0v) is 13.6. The van der Waals surface area contributed by atoms with Crippen LogP contribution >= 0.6 is 11.8 Å². The van der Waals surface area contributed by atoms with E-state index in [2.05, 4.69) is 56.5 Å². The van der Waals surface area contributed by atoms with Gasteiger partial charge in [-0.15, -0.1) is 11.8 Å². The van der Waals surface area contributed by atoms with Gasteiger partial charge in [0.1, 0.15) is 0 Å². The summed E-state index contributed by atoms with van der Waals surface area (Å²) >= 11 is 1.99. The topological polar surface area (TPSA) is 12.0 Å². The second kappa shape index (κ2) is 9.44. The number of rotatable bonds is 10. The van der Waals surface area contributed by atoms with Gasteiger partial charge in [0, 0.05) is 11.4 Å². The highest BCUT2D eigenvalue weighted by molar-refractivity contribution is 7.99. The van der Waals surface area contributed by atoms with Gasteiger partial charge in [-0.25, -0.2) is 0 Å². The largest absolute Gasteiger partial charge is 0.319 e. The first-order chi connectivity index (χ1) is 9.26. The molecule has 19 heavy (non-hydrogen) atoms. The van der Waals surface area contributed by atoms with E-state index in [0.717, 1.165) is 6.54 Å². The zero-order chi connectivity index (χ0) is 14.0.